The summed E-state index contributed by atoms with van der Waals surface area (Å²) in [5.74, 6) is -0.187. The minimum absolute atomic E-state index is 0.0484. The molecule has 0 radical (unpaired) electrons. The average molecular weight is 399 g/mol. The van der Waals surface area contributed by atoms with Crippen molar-refractivity contribution in [2.75, 3.05) is 25.4 Å². The van der Waals surface area contributed by atoms with Gasteiger partial charge in [-0.2, -0.15) is 0 Å². The molecule has 1 amide bonds. The molecule has 4 rings (SSSR count). The zero-order valence-electron chi connectivity index (χ0n) is 16.0. The number of likely N-dealkylation sites (tertiary alicyclic amines) is 1. The van der Waals surface area contributed by atoms with E-state index < -0.39 is 9.84 Å². The summed E-state index contributed by atoms with van der Waals surface area (Å²) < 4.78 is 24.8. The lowest BCUT2D eigenvalue weighted by Gasteiger charge is -2.33. The number of amides is 1. The van der Waals surface area contributed by atoms with Crippen LogP contribution in [0.15, 0.2) is 59.5 Å². The number of carbonyl (C=O) groups is 1. The van der Waals surface area contributed by atoms with Crippen molar-refractivity contribution in [1.29, 1.82) is 0 Å². The first-order valence-electron chi connectivity index (χ1n) is 9.89. The molecule has 0 aliphatic carbocycles. The monoisotopic (exact) mass is 398 g/mol. The first kappa shape index (κ1) is 19.2. The standard InChI is InChI=1S/C22H26N2O3S/c25-22(12-15-28(26,27)21-8-2-1-3-9-21)24-14-11-20(17-24)23-13-10-18-6-4-5-7-19(18)16-23/h1-9,20H,10-17H2. The van der Waals surface area contributed by atoms with Gasteiger partial charge in [-0.3, -0.25) is 9.69 Å². The molecule has 6 heteroatoms. The summed E-state index contributed by atoms with van der Waals surface area (Å²) >= 11 is 0. The predicted molar refractivity (Wildman–Crippen MR) is 109 cm³/mol. The minimum atomic E-state index is -3.41. The molecule has 1 atom stereocenters. The molecule has 0 aromatic heterocycles. The molecule has 2 aromatic carbocycles. The first-order chi connectivity index (χ1) is 13.5. The van der Waals surface area contributed by atoms with Crippen molar-refractivity contribution in [1.82, 2.24) is 9.80 Å². The van der Waals surface area contributed by atoms with Gasteiger partial charge in [0.05, 0.1) is 10.6 Å². The van der Waals surface area contributed by atoms with Crippen LogP contribution in [0.4, 0.5) is 0 Å². The lowest BCUT2D eigenvalue weighted by atomic mass is 9.98. The number of hydrogen-bond donors (Lipinski definition) is 0. The summed E-state index contributed by atoms with van der Waals surface area (Å²) in [6, 6.07) is 17.3. The summed E-state index contributed by atoms with van der Waals surface area (Å²) in [6.45, 7) is 3.37. The van der Waals surface area contributed by atoms with Crippen LogP contribution < -0.4 is 0 Å². The number of sulfone groups is 1. The van der Waals surface area contributed by atoms with Gasteiger partial charge in [-0.05, 0) is 36.1 Å². The van der Waals surface area contributed by atoms with Crippen molar-refractivity contribution in [3.63, 3.8) is 0 Å². The van der Waals surface area contributed by atoms with Crippen LogP contribution in [0.2, 0.25) is 0 Å². The lowest BCUT2D eigenvalue weighted by molar-refractivity contribution is -0.129. The molecule has 0 spiro atoms. The smallest absolute Gasteiger partial charge is 0.223 e. The molecule has 0 bridgehead atoms. The zero-order chi connectivity index (χ0) is 19.6. The molecule has 1 fully saturated rings. The predicted octanol–water partition coefficient (Wildman–Crippen LogP) is 2.51. The van der Waals surface area contributed by atoms with E-state index in [1.807, 2.05) is 4.90 Å². The van der Waals surface area contributed by atoms with E-state index in [1.54, 1.807) is 30.3 Å². The fourth-order valence-electron chi connectivity index (χ4n) is 4.22. The molecule has 5 nitrogen and oxygen atoms in total. The normalized spacial score (nSPS) is 20.1. The third kappa shape index (κ3) is 4.13. The van der Waals surface area contributed by atoms with Crippen LogP contribution in [0.3, 0.4) is 0 Å². The highest BCUT2D eigenvalue weighted by Gasteiger charge is 2.32. The summed E-state index contributed by atoms with van der Waals surface area (Å²) in [7, 11) is -3.41. The highest BCUT2D eigenvalue weighted by atomic mass is 32.2. The van der Waals surface area contributed by atoms with Gasteiger partial charge < -0.3 is 4.90 Å². The Bertz CT molecular complexity index is 943. The summed E-state index contributed by atoms with van der Waals surface area (Å²) in [6.07, 6.45) is 2.06. The Morgan fingerprint density at radius 3 is 2.46 bits per heavy atom. The third-order valence-corrected chi connectivity index (χ3v) is 7.61. The molecule has 2 aliphatic heterocycles. The SMILES string of the molecule is O=C(CCS(=O)(=O)c1ccccc1)N1CCC(N2CCc3ccccc3C2)C1. The molecule has 2 aliphatic rings. The number of hydrogen-bond acceptors (Lipinski definition) is 4. The molecule has 0 N–H and O–H groups in total. The van der Waals surface area contributed by atoms with Crippen molar-refractivity contribution >= 4 is 15.7 Å². The number of benzene rings is 2. The molecule has 28 heavy (non-hydrogen) atoms. The summed E-state index contributed by atoms with van der Waals surface area (Å²) in [4.78, 5) is 17.2. The Morgan fingerprint density at radius 1 is 0.964 bits per heavy atom. The van der Waals surface area contributed by atoms with Gasteiger partial charge in [-0.25, -0.2) is 8.42 Å². The number of rotatable bonds is 5. The molecule has 1 unspecified atom stereocenters. The van der Waals surface area contributed by atoms with Crippen LogP contribution in [-0.4, -0.2) is 55.6 Å². The largest absolute Gasteiger partial charge is 0.341 e. The molecular weight excluding hydrogens is 372 g/mol. The Labute approximate surface area is 166 Å². The van der Waals surface area contributed by atoms with Gasteiger partial charge in [-0.1, -0.05) is 42.5 Å². The van der Waals surface area contributed by atoms with Crippen LogP contribution >= 0.6 is 0 Å². The van der Waals surface area contributed by atoms with Gasteiger partial charge in [0.25, 0.3) is 0 Å². The van der Waals surface area contributed by atoms with Gasteiger partial charge in [-0.15, -0.1) is 0 Å². The highest BCUT2D eigenvalue weighted by Crippen LogP contribution is 2.25. The topological polar surface area (TPSA) is 57.7 Å². The third-order valence-electron chi connectivity index (χ3n) is 5.88. The van der Waals surface area contributed by atoms with Crippen LogP contribution in [0.1, 0.15) is 24.0 Å². The van der Waals surface area contributed by atoms with E-state index >= 15 is 0 Å². The Hall–Kier alpha value is -2.18. The van der Waals surface area contributed by atoms with Crippen molar-refractivity contribution in [3.8, 4) is 0 Å². The van der Waals surface area contributed by atoms with Crippen LogP contribution in [0, 0.1) is 0 Å². The number of nitrogens with zero attached hydrogens (tertiary/aromatic N) is 2. The van der Waals surface area contributed by atoms with Crippen molar-refractivity contribution < 1.29 is 13.2 Å². The second kappa shape index (κ2) is 8.05. The number of fused-ring (bicyclic) bond motifs is 1. The lowest BCUT2D eigenvalue weighted by Crippen LogP contribution is -2.41. The fraction of sp³-hybridized carbons (Fsp3) is 0.409. The van der Waals surface area contributed by atoms with Gasteiger partial charge in [0, 0.05) is 38.6 Å². The number of carbonyl (C=O) groups excluding carboxylic acids is 1. The van der Waals surface area contributed by atoms with Crippen molar-refractivity contribution in [3.05, 3.63) is 65.7 Å². The van der Waals surface area contributed by atoms with Gasteiger partial charge in [0.1, 0.15) is 0 Å². The van der Waals surface area contributed by atoms with Gasteiger partial charge in [0.2, 0.25) is 5.91 Å². The van der Waals surface area contributed by atoms with Crippen molar-refractivity contribution in [2.24, 2.45) is 0 Å². The Balaban J connectivity index is 1.31. The van der Waals surface area contributed by atoms with E-state index in [9.17, 15) is 13.2 Å². The molecule has 2 heterocycles. The molecule has 148 valence electrons. The molecular formula is C22H26N2O3S. The van der Waals surface area contributed by atoms with Crippen LogP contribution in [0.25, 0.3) is 0 Å². The maximum Gasteiger partial charge on any atom is 0.223 e. The van der Waals surface area contributed by atoms with Crippen LogP contribution in [-0.2, 0) is 27.6 Å². The van der Waals surface area contributed by atoms with E-state index in [1.165, 1.54) is 11.1 Å². The van der Waals surface area contributed by atoms with E-state index in [-0.39, 0.29) is 23.0 Å². The second-order valence-electron chi connectivity index (χ2n) is 7.65. The van der Waals surface area contributed by atoms with E-state index in [0.717, 1.165) is 25.9 Å². The molecule has 1 saturated heterocycles. The minimum Gasteiger partial charge on any atom is -0.341 e. The summed E-state index contributed by atoms with van der Waals surface area (Å²) in [5, 5.41) is 0. The van der Waals surface area contributed by atoms with E-state index in [0.29, 0.717) is 19.1 Å². The van der Waals surface area contributed by atoms with Crippen molar-refractivity contribution in [2.45, 2.75) is 36.7 Å². The Kier molecular flexibility index (Phi) is 5.51. The average Bonchev–Trinajstić information content (AvgIpc) is 3.23. The maximum absolute atomic E-state index is 12.6. The quantitative estimate of drug-likeness (QED) is 0.777. The van der Waals surface area contributed by atoms with E-state index in [4.69, 9.17) is 0 Å². The second-order valence-corrected chi connectivity index (χ2v) is 9.76. The highest BCUT2D eigenvalue weighted by molar-refractivity contribution is 7.91. The molecule has 0 saturated carbocycles. The fourth-order valence-corrected chi connectivity index (χ4v) is 5.47. The van der Waals surface area contributed by atoms with Gasteiger partial charge in [0.15, 0.2) is 9.84 Å². The Morgan fingerprint density at radius 2 is 1.68 bits per heavy atom. The maximum atomic E-state index is 12.6. The van der Waals surface area contributed by atoms with Gasteiger partial charge >= 0.3 is 0 Å². The zero-order valence-corrected chi connectivity index (χ0v) is 16.8. The molecule has 2 aromatic rings. The summed E-state index contributed by atoms with van der Waals surface area (Å²) in [5.41, 5.74) is 2.81. The first-order valence-corrected chi connectivity index (χ1v) is 11.5. The van der Waals surface area contributed by atoms with E-state index in [2.05, 4.69) is 29.2 Å². The van der Waals surface area contributed by atoms with Crippen LogP contribution in [0.5, 0.6) is 0 Å².